The van der Waals surface area contributed by atoms with Crippen molar-refractivity contribution in [1.29, 1.82) is 0 Å². The Morgan fingerprint density at radius 3 is 1.61 bits per heavy atom. The maximum absolute atomic E-state index is 12.3. The van der Waals surface area contributed by atoms with Crippen LogP contribution in [0.25, 0.3) is 0 Å². The summed E-state index contributed by atoms with van der Waals surface area (Å²) in [4.78, 5) is 11.0. The van der Waals surface area contributed by atoms with Crippen LogP contribution in [0.15, 0.2) is 0 Å². The molecule has 0 aromatic heterocycles. The summed E-state index contributed by atoms with van der Waals surface area (Å²) in [6.07, 6.45) is -12.5. The van der Waals surface area contributed by atoms with Gasteiger partial charge in [-0.25, -0.2) is 4.79 Å². The minimum absolute atomic E-state index is 0.0237. The number of rotatable bonds is 10. The van der Waals surface area contributed by atoms with Crippen LogP contribution in [0.4, 0.5) is 26.3 Å². The van der Waals surface area contributed by atoms with Gasteiger partial charge >= 0.3 is 23.9 Å². The zero-order chi connectivity index (χ0) is 18.1. The molecule has 0 fully saturated rings. The Kier molecular flexibility index (Phi) is 8.80. The number of halogens is 6. The zero-order valence-electron chi connectivity index (χ0n) is 12.0. The van der Waals surface area contributed by atoms with Gasteiger partial charge < -0.3 is 24.1 Å². The molecule has 23 heavy (non-hydrogen) atoms. The van der Waals surface area contributed by atoms with E-state index in [2.05, 4.69) is 9.47 Å². The smallest absolute Gasteiger partial charge is 0.437 e. The lowest BCUT2D eigenvalue weighted by Gasteiger charge is -2.29. The van der Waals surface area contributed by atoms with E-state index >= 15 is 0 Å². The van der Waals surface area contributed by atoms with Gasteiger partial charge in [0.05, 0.1) is 33.0 Å². The quantitative estimate of drug-likeness (QED) is 0.358. The van der Waals surface area contributed by atoms with E-state index in [0.717, 1.165) is 0 Å². The van der Waals surface area contributed by atoms with E-state index in [0.29, 0.717) is 6.61 Å². The van der Waals surface area contributed by atoms with Gasteiger partial charge in [0.2, 0.25) is 0 Å². The van der Waals surface area contributed by atoms with Gasteiger partial charge in [0.15, 0.2) is 0 Å². The monoisotopic (exact) mass is 358 g/mol. The van der Waals surface area contributed by atoms with Crippen molar-refractivity contribution < 1.29 is 55.2 Å². The van der Waals surface area contributed by atoms with E-state index in [1.165, 1.54) is 7.11 Å². The second kappa shape index (κ2) is 9.25. The van der Waals surface area contributed by atoms with Gasteiger partial charge in [0.25, 0.3) is 0 Å². The van der Waals surface area contributed by atoms with Gasteiger partial charge in [-0.3, -0.25) is 0 Å². The molecule has 12 heteroatoms. The molecular formula is C11H16F6O6. The standard InChI is InChI=1S/C11H16F6O6/c1-20-2-3-21-4-5-22-6-7-23-8(18)9(19,10(12,13)14)11(15,16)17/h19H,2-7H2,1H3. The lowest BCUT2D eigenvalue weighted by Crippen LogP contribution is -2.63. The number of ether oxygens (including phenoxy) is 4. The highest BCUT2D eigenvalue weighted by Gasteiger charge is 2.76. The summed E-state index contributed by atoms with van der Waals surface area (Å²) in [6, 6.07) is 0. The molecule has 0 aromatic carbocycles. The van der Waals surface area contributed by atoms with Crippen molar-refractivity contribution in [3.05, 3.63) is 0 Å². The molecular weight excluding hydrogens is 342 g/mol. The van der Waals surface area contributed by atoms with Gasteiger partial charge in [0, 0.05) is 7.11 Å². The molecule has 0 heterocycles. The molecule has 0 saturated heterocycles. The zero-order valence-corrected chi connectivity index (χ0v) is 12.0. The predicted molar refractivity (Wildman–Crippen MR) is 61.5 cm³/mol. The Labute approximate surface area is 127 Å². The van der Waals surface area contributed by atoms with Crippen molar-refractivity contribution in [2.24, 2.45) is 0 Å². The number of esters is 1. The highest BCUT2D eigenvalue weighted by Crippen LogP contribution is 2.43. The molecule has 0 radical (unpaired) electrons. The summed E-state index contributed by atoms with van der Waals surface area (Å²) >= 11 is 0. The molecule has 0 rings (SSSR count). The Hall–Kier alpha value is -1.11. The third-order valence-electron chi connectivity index (χ3n) is 2.38. The predicted octanol–water partition coefficient (Wildman–Crippen LogP) is 1.06. The summed E-state index contributed by atoms with van der Waals surface area (Å²) < 4.78 is 92.0. The summed E-state index contributed by atoms with van der Waals surface area (Å²) in [5.41, 5.74) is -5.58. The van der Waals surface area contributed by atoms with E-state index in [-0.39, 0.29) is 19.8 Å². The number of alkyl halides is 6. The number of aliphatic hydroxyl groups is 1. The average Bonchev–Trinajstić information content (AvgIpc) is 2.41. The molecule has 0 saturated carbocycles. The van der Waals surface area contributed by atoms with Crippen molar-refractivity contribution in [3.8, 4) is 0 Å². The van der Waals surface area contributed by atoms with Crippen molar-refractivity contribution in [3.63, 3.8) is 0 Å². The molecule has 0 aliphatic heterocycles. The highest BCUT2D eigenvalue weighted by atomic mass is 19.4. The van der Waals surface area contributed by atoms with E-state index in [9.17, 15) is 31.1 Å². The molecule has 1 N–H and O–H groups in total. The van der Waals surface area contributed by atoms with E-state index < -0.39 is 37.1 Å². The molecule has 0 amide bonds. The van der Waals surface area contributed by atoms with Crippen LogP contribution in [0.1, 0.15) is 0 Å². The van der Waals surface area contributed by atoms with Crippen LogP contribution in [0.5, 0.6) is 0 Å². The van der Waals surface area contributed by atoms with Gasteiger partial charge in [-0.15, -0.1) is 0 Å². The molecule has 6 nitrogen and oxygen atoms in total. The Morgan fingerprint density at radius 2 is 1.22 bits per heavy atom. The number of hydrogen-bond donors (Lipinski definition) is 1. The number of methoxy groups -OCH3 is 1. The molecule has 138 valence electrons. The first kappa shape index (κ1) is 21.9. The van der Waals surface area contributed by atoms with E-state index in [1.54, 1.807) is 0 Å². The third kappa shape index (κ3) is 6.49. The minimum Gasteiger partial charge on any atom is -0.461 e. The van der Waals surface area contributed by atoms with Gasteiger partial charge in [-0.2, -0.15) is 26.3 Å². The van der Waals surface area contributed by atoms with Crippen LogP contribution in [0.3, 0.4) is 0 Å². The van der Waals surface area contributed by atoms with Crippen LogP contribution >= 0.6 is 0 Å². The molecule has 0 aromatic rings. The Bertz CT molecular complexity index is 342. The second-order valence-electron chi connectivity index (χ2n) is 4.06. The third-order valence-corrected chi connectivity index (χ3v) is 2.38. The van der Waals surface area contributed by atoms with Crippen LogP contribution in [-0.4, -0.2) is 75.8 Å². The largest absolute Gasteiger partial charge is 0.461 e. The maximum Gasteiger partial charge on any atom is 0.437 e. The Balaban J connectivity index is 4.18. The molecule has 0 aliphatic carbocycles. The summed E-state index contributed by atoms with van der Waals surface area (Å²) in [5, 5.41) is 8.68. The fourth-order valence-corrected chi connectivity index (χ4v) is 1.15. The van der Waals surface area contributed by atoms with Crippen molar-refractivity contribution >= 4 is 5.97 Å². The maximum atomic E-state index is 12.3. The molecule has 0 unspecified atom stereocenters. The first-order chi connectivity index (χ1) is 10.5. The van der Waals surface area contributed by atoms with Crippen molar-refractivity contribution in [1.82, 2.24) is 0 Å². The molecule has 0 aliphatic rings. The lowest BCUT2D eigenvalue weighted by molar-refractivity contribution is -0.357. The van der Waals surface area contributed by atoms with Crippen LogP contribution in [0.2, 0.25) is 0 Å². The summed E-state index contributed by atoms with van der Waals surface area (Å²) in [6.45, 7) is -0.670. The number of carbonyl (C=O) groups is 1. The Morgan fingerprint density at radius 1 is 0.826 bits per heavy atom. The first-order valence-electron chi connectivity index (χ1n) is 6.16. The highest BCUT2D eigenvalue weighted by molar-refractivity contribution is 5.81. The summed E-state index contributed by atoms with van der Waals surface area (Å²) in [7, 11) is 1.46. The topological polar surface area (TPSA) is 74.2 Å². The second-order valence-corrected chi connectivity index (χ2v) is 4.06. The molecule has 0 atom stereocenters. The number of carbonyl (C=O) groups excluding carboxylic acids is 1. The van der Waals surface area contributed by atoms with Crippen molar-refractivity contribution in [2.75, 3.05) is 46.8 Å². The minimum atomic E-state index is -6.27. The van der Waals surface area contributed by atoms with Crippen LogP contribution in [0, 0.1) is 0 Å². The fourth-order valence-electron chi connectivity index (χ4n) is 1.15. The van der Waals surface area contributed by atoms with Gasteiger partial charge in [-0.05, 0) is 0 Å². The lowest BCUT2D eigenvalue weighted by atomic mass is 10.0. The summed E-state index contributed by atoms with van der Waals surface area (Å²) in [5.74, 6) is -2.86. The van der Waals surface area contributed by atoms with Crippen LogP contribution in [-0.2, 0) is 23.7 Å². The normalized spacial score (nSPS) is 13.2. The fraction of sp³-hybridized carbons (Fsp3) is 0.909. The first-order valence-corrected chi connectivity index (χ1v) is 6.16. The van der Waals surface area contributed by atoms with Gasteiger partial charge in [0.1, 0.15) is 6.61 Å². The van der Waals surface area contributed by atoms with Crippen molar-refractivity contribution in [2.45, 2.75) is 18.0 Å². The average molecular weight is 358 g/mol. The van der Waals surface area contributed by atoms with E-state index in [4.69, 9.17) is 14.6 Å². The molecule has 0 bridgehead atoms. The SMILES string of the molecule is COCCOCCOCCOC(=O)C(O)(C(F)(F)F)C(F)(F)F. The van der Waals surface area contributed by atoms with Gasteiger partial charge in [-0.1, -0.05) is 0 Å². The van der Waals surface area contributed by atoms with Crippen LogP contribution < -0.4 is 0 Å². The number of hydrogen-bond acceptors (Lipinski definition) is 6. The molecule has 0 spiro atoms. The van der Waals surface area contributed by atoms with E-state index in [1.807, 2.05) is 0 Å².